The fourth-order valence-corrected chi connectivity index (χ4v) is 2.21. The molecular weight excluding hydrogens is 312 g/mol. The number of amides is 2. The van der Waals surface area contributed by atoms with Crippen LogP contribution in [-0.2, 0) is 24.8 Å². The van der Waals surface area contributed by atoms with E-state index in [0.29, 0.717) is 18.7 Å². The van der Waals surface area contributed by atoms with Crippen LogP contribution in [-0.4, -0.2) is 43.4 Å². The zero-order chi connectivity index (χ0) is 17.4. The Morgan fingerprint density at radius 1 is 1.29 bits per heavy atom. The van der Waals surface area contributed by atoms with E-state index in [1.54, 1.807) is 7.05 Å². The molecule has 0 spiro atoms. The van der Waals surface area contributed by atoms with Crippen molar-refractivity contribution in [3.63, 3.8) is 0 Å². The van der Waals surface area contributed by atoms with Crippen molar-refractivity contribution >= 4 is 12.0 Å². The highest BCUT2D eigenvalue weighted by atomic mass is 16.4. The molecule has 1 aromatic heterocycles. The molecule has 0 aliphatic carbocycles. The molecule has 128 valence electrons. The van der Waals surface area contributed by atoms with E-state index in [1.165, 1.54) is 4.80 Å². The summed E-state index contributed by atoms with van der Waals surface area (Å²) in [5.41, 5.74) is 1.03. The number of carbonyl (C=O) groups excluding carboxylic acids is 1. The molecule has 0 aliphatic heterocycles. The van der Waals surface area contributed by atoms with Gasteiger partial charge in [0.05, 0.1) is 13.6 Å². The molecule has 0 aliphatic rings. The van der Waals surface area contributed by atoms with E-state index in [4.69, 9.17) is 5.11 Å². The minimum atomic E-state index is -0.890. The van der Waals surface area contributed by atoms with Crippen LogP contribution in [0.3, 0.4) is 0 Å². The third kappa shape index (κ3) is 6.03. The predicted octanol–water partition coefficient (Wildman–Crippen LogP) is 0.485. The van der Waals surface area contributed by atoms with Crippen molar-refractivity contribution in [1.82, 2.24) is 30.8 Å². The summed E-state index contributed by atoms with van der Waals surface area (Å²) in [6, 6.07) is 8.93. The standard InChI is InChI=1S/C15H20N6O3/c1-21-19-13(18-20-21)10-16-15(24)17-12(7-8-14(22)23)9-11-5-3-2-4-6-11/h2-6,12H,7-10H2,1H3,(H,22,23)(H2,16,17,24). The molecule has 1 atom stereocenters. The predicted molar refractivity (Wildman–Crippen MR) is 85.0 cm³/mol. The lowest BCUT2D eigenvalue weighted by molar-refractivity contribution is -0.137. The number of carbonyl (C=O) groups is 2. The molecule has 0 saturated carbocycles. The Morgan fingerprint density at radius 2 is 2.04 bits per heavy atom. The third-order valence-corrected chi connectivity index (χ3v) is 3.32. The molecule has 9 heteroatoms. The zero-order valence-electron chi connectivity index (χ0n) is 13.3. The van der Waals surface area contributed by atoms with Gasteiger partial charge in [0.25, 0.3) is 0 Å². The van der Waals surface area contributed by atoms with Crippen LogP contribution in [0.2, 0.25) is 0 Å². The zero-order valence-corrected chi connectivity index (χ0v) is 13.3. The summed E-state index contributed by atoms with van der Waals surface area (Å²) in [7, 11) is 1.64. The fraction of sp³-hybridized carbons (Fsp3) is 0.400. The van der Waals surface area contributed by atoms with Gasteiger partial charge < -0.3 is 15.7 Å². The second-order valence-corrected chi connectivity index (χ2v) is 5.34. The molecule has 1 heterocycles. The Morgan fingerprint density at radius 3 is 2.67 bits per heavy atom. The number of nitrogens with one attached hydrogen (secondary N) is 2. The Balaban J connectivity index is 1.88. The SMILES string of the molecule is Cn1nnc(CNC(=O)NC(CCC(=O)O)Cc2ccccc2)n1. The number of hydrogen-bond donors (Lipinski definition) is 3. The van der Waals surface area contributed by atoms with Crippen molar-refractivity contribution in [2.75, 3.05) is 0 Å². The molecule has 1 aromatic carbocycles. The summed E-state index contributed by atoms with van der Waals surface area (Å²) in [5.74, 6) is -0.489. The van der Waals surface area contributed by atoms with E-state index in [9.17, 15) is 9.59 Å². The van der Waals surface area contributed by atoms with Crippen LogP contribution in [0.1, 0.15) is 24.2 Å². The normalized spacial score (nSPS) is 11.7. The number of benzene rings is 1. The Bertz CT molecular complexity index is 673. The maximum absolute atomic E-state index is 12.0. The van der Waals surface area contributed by atoms with E-state index in [0.717, 1.165) is 5.56 Å². The molecule has 2 amide bonds. The maximum atomic E-state index is 12.0. The van der Waals surface area contributed by atoms with E-state index in [-0.39, 0.29) is 19.0 Å². The molecular formula is C15H20N6O3. The number of carboxylic acids is 1. The second-order valence-electron chi connectivity index (χ2n) is 5.34. The summed E-state index contributed by atoms with van der Waals surface area (Å²) < 4.78 is 0. The number of nitrogens with zero attached hydrogens (tertiary/aromatic N) is 4. The van der Waals surface area contributed by atoms with E-state index in [2.05, 4.69) is 26.0 Å². The number of aliphatic carboxylic acids is 1. The first kappa shape index (κ1) is 17.4. The smallest absolute Gasteiger partial charge is 0.315 e. The minimum absolute atomic E-state index is 0.0104. The van der Waals surface area contributed by atoms with E-state index >= 15 is 0 Å². The average molecular weight is 332 g/mol. The number of aromatic nitrogens is 4. The first-order valence-electron chi connectivity index (χ1n) is 7.56. The maximum Gasteiger partial charge on any atom is 0.315 e. The van der Waals surface area contributed by atoms with Crippen LogP contribution in [0, 0.1) is 0 Å². The highest BCUT2D eigenvalue weighted by Crippen LogP contribution is 2.08. The lowest BCUT2D eigenvalue weighted by Gasteiger charge is -2.18. The second kappa shape index (κ2) is 8.61. The summed E-state index contributed by atoms with van der Waals surface area (Å²) in [5, 5.41) is 25.7. The Kier molecular flexibility index (Phi) is 6.23. The van der Waals surface area contributed by atoms with Crippen LogP contribution in [0.4, 0.5) is 4.79 Å². The largest absolute Gasteiger partial charge is 0.481 e. The van der Waals surface area contributed by atoms with Crippen LogP contribution in [0.15, 0.2) is 30.3 Å². The van der Waals surface area contributed by atoms with Crippen molar-refractivity contribution in [3.8, 4) is 0 Å². The van der Waals surface area contributed by atoms with Crippen molar-refractivity contribution in [3.05, 3.63) is 41.7 Å². The number of rotatable bonds is 8. The molecule has 24 heavy (non-hydrogen) atoms. The van der Waals surface area contributed by atoms with Gasteiger partial charge >= 0.3 is 12.0 Å². The van der Waals surface area contributed by atoms with Gasteiger partial charge in [-0.2, -0.15) is 4.80 Å². The lowest BCUT2D eigenvalue weighted by Crippen LogP contribution is -2.43. The molecule has 0 saturated heterocycles. The van der Waals surface area contributed by atoms with Crippen molar-refractivity contribution in [2.24, 2.45) is 7.05 Å². The van der Waals surface area contributed by atoms with Gasteiger partial charge in [-0.25, -0.2) is 4.79 Å². The molecule has 3 N–H and O–H groups in total. The fourth-order valence-electron chi connectivity index (χ4n) is 2.21. The van der Waals surface area contributed by atoms with Gasteiger partial charge in [-0.05, 0) is 23.6 Å². The Labute approximate surface area is 139 Å². The molecule has 2 aromatic rings. The molecule has 9 nitrogen and oxygen atoms in total. The number of carboxylic acid groups (broad SMARTS) is 1. The van der Waals surface area contributed by atoms with Crippen LogP contribution in [0.25, 0.3) is 0 Å². The van der Waals surface area contributed by atoms with Gasteiger partial charge in [0.15, 0.2) is 5.82 Å². The topological polar surface area (TPSA) is 122 Å². The van der Waals surface area contributed by atoms with Crippen molar-refractivity contribution in [2.45, 2.75) is 31.8 Å². The number of tetrazole rings is 1. The first-order valence-corrected chi connectivity index (χ1v) is 7.56. The molecule has 2 rings (SSSR count). The molecule has 0 radical (unpaired) electrons. The Hall–Kier alpha value is -2.97. The van der Waals surface area contributed by atoms with E-state index in [1.807, 2.05) is 30.3 Å². The summed E-state index contributed by atoms with van der Waals surface area (Å²) in [6.07, 6.45) is 0.898. The van der Waals surface area contributed by atoms with Crippen molar-refractivity contribution in [1.29, 1.82) is 0 Å². The van der Waals surface area contributed by atoms with Gasteiger partial charge in [0.1, 0.15) is 0 Å². The van der Waals surface area contributed by atoms with Crippen LogP contribution >= 0.6 is 0 Å². The number of hydrogen-bond acceptors (Lipinski definition) is 5. The monoisotopic (exact) mass is 332 g/mol. The van der Waals surface area contributed by atoms with E-state index < -0.39 is 12.0 Å². The average Bonchev–Trinajstić information content (AvgIpc) is 2.97. The summed E-state index contributed by atoms with van der Waals surface area (Å²) in [6.45, 7) is 0.149. The molecule has 1 unspecified atom stereocenters. The van der Waals surface area contributed by atoms with Gasteiger partial charge in [-0.1, -0.05) is 30.3 Å². The van der Waals surface area contributed by atoms with Crippen molar-refractivity contribution < 1.29 is 14.7 Å². The van der Waals surface area contributed by atoms with Gasteiger partial charge in [-0.3, -0.25) is 4.79 Å². The quantitative estimate of drug-likeness (QED) is 0.646. The highest BCUT2D eigenvalue weighted by Gasteiger charge is 2.15. The van der Waals surface area contributed by atoms with Crippen LogP contribution < -0.4 is 10.6 Å². The summed E-state index contributed by atoms with van der Waals surface area (Å²) in [4.78, 5) is 24.1. The highest BCUT2D eigenvalue weighted by molar-refractivity contribution is 5.74. The number of urea groups is 1. The summed E-state index contributed by atoms with van der Waals surface area (Å²) >= 11 is 0. The van der Waals surface area contributed by atoms with Crippen LogP contribution in [0.5, 0.6) is 0 Å². The third-order valence-electron chi connectivity index (χ3n) is 3.32. The number of aryl methyl sites for hydroxylation is 1. The minimum Gasteiger partial charge on any atom is -0.481 e. The lowest BCUT2D eigenvalue weighted by atomic mass is 10.0. The van der Waals surface area contributed by atoms with Gasteiger partial charge in [-0.15, -0.1) is 10.2 Å². The molecule has 0 bridgehead atoms. The molecule has 0 fully saturated rings. The first-order chi connectivity index (χ1) is 11.5. The van der Waals surface area contributed by atoms with Gasteiger partial charge in [0.2, 0.25) is 0 Å². The van der Waals surface area contributed by atoms with Gasteiger partial charge in [0, 0.05) is 12.5 Å².